The molecule has 2 rings (SSSR count). The van der Waals surface area contributed by atoms with E-state index in [2.05, 4.69) is 5.32 Å². The lowest BCUT2D eigenvalue weighted by Crippen LogP contribution is -2.29. The van der Waals surface area contributed by atoms with Crippen LogP contribution in [0.15, 0.2) is 41.8 Å². The summed E-state index contributed by atoms with van der Waals surface area (Å²) in [5.74, 6) is -0.304. The first kappa shape index (κ1) is 13.6. The van der Waals surface area contributed by atoms with Gasteiger partial charge in [-0.05, 0) is 17.0 Å². The Morgan fingerprint density at radius 3 is 2.68 bits per heavy atom. The molecular weight excluding hydrogens is 260 g/mol. The van der Waals surface area contributed by atoms with E-state index in [1.165, 1.54) is 7.11 Å². The minimum atomic E-state index is -0.479. The number of rotatable bonds is 5. The van der Waals surface area contributed by atoms with E-state index in [4.69, 9.17) is 10.5 Å². The molecule has 0 aliphatic heterocycles. The molecule has 2 aromatic rings. The molecule has 1 atom stereocenters. The number of benzene rings is 1. The molecule has 1 aromatic heterocycles. The Hall–Kier alpha value is -1.85. The van der Waals surface area contributed by atoms with E-state index < -0.39 is 6.04 Å². The summed E-state index contributed by atoms with van der Waals surface area (Å²) in [5.41, 5.74) is 7.45. The van der Waals surface area contributed by atoms with Crippen molar-refractivity contribution < 1.29 is 9.53 Å². The molecule has 1 heterocycles. The Bertz CT molecular complexity index is 539. The highest BCUT2D eigenvalue weighted by atomic mass is 32.1. The lowest BCUT2D eigenvalue weighted by Gasteiger charge is -2.16. The fraction of sp³-hybridized carbons (Fsp3) is 0.214. The van der Waals surface area contributed by atoms with Crippen LogP contribution in [0.3, 0.4) is 0 Å². The van der Waals surface area contributed by atoms with Crippen LogP contribution in [-0.4, -0.2) is 13.1 Å². The SMILES string of the molecule is COC(=O)C(NCc1sccc1N)c1ccccc1. The van der Waals surface area contributed by atoms with Crippen LogP contribution >= 0.6 is 11.3 Å². The van der Waals surface area contributed by atoms with Crippen molar-refractivity contribution in [2.45, 2.75) is 12.6 Å². The summed E-state index contributed by atoms with van der Waals surface area (Å²) in [7, 11) is 1.39. The Balaban J connectivity index is 2.11. The highest BCUT2D eigenvalue weighted by Crippen LogP contribution is 2.21. The van der Waals surface area contributed by atoms with E-state index in [1.807, 2.05) is 41.8 Å². The molecule has 0 bridgehead atoms. The molecule has 0 fully saturated rings. The number of nitrogen functional groups attached to an aromatic ring is 1. The minimum Gasteiger partial charge on any atom is -0.468 e. The standard InChI is InChI=1S/C14H16N2O2S/c1-18-14(17)13(10-5-3-2-4-6-10)16-9-12-11(15)7-8-19-12/h2-8,13,16H,9,15H2,1H3. The third kappa shape index (κ3) is 3.33. The number of anilines is 1. The second kappa shape index (κ2) is 6.36. The molecular formula is C14H16N2O2S. The summed E-state index contributed by atoms with van der Waals surface area (Å²) >= 11 is 1.57. The maximum atomic E-state index is 11.8. The average Bonchev–Trinajstić information content (AvgIpc) is 2.85. The van der Waals surface area contributed by atoms with Crippen molar-refractivity contribution >= 4 is 23.0 Å². The van der Waals surface area contributed by atoms with E-state index >= 15 is 0 Å². The van der Waals surface area contributed by atoms with Crippen molar-refractivity contribution in [3.05, 3.63) is 52.2 Å². The zero-order chi connectivity index (χ0) is 13.7. The van der Waals surface area contributed by atoms with E-state index in [9.17, 15) is 4.79 Å². The summed E-state index contributed by atoms with van der Waals surface area (Å²) < 4.78 is 4.84. The number of nitrogens with two attached hydrogens (primary N) is 1. The third-order valence-electron chi connectivity index (χ3n) is 2.82. The summed E-state index contributed by atoms with van der Waals surface area (Å²) in [6, 6.07) is 10.9. The zero-order valence-corrected chi connectivity index (χ0v) is 11.4. The van der Waals surface area contributed by atoms with Gasteiger partial charge in [-0.15, -0.1) is 11.3 Å². The Morgan fingerprint density at radius 1 is 1.37 bits per heavy atom. The van der Waals surface area contributed by atoms with Gasteiger partial charge in [-0.25, -0.2) is 4.79 Å². The van der Waals surface area contributed by atoms with Crippen LogP contribution in [0.1, 0.15) is 16.5 Å². The van der Waals surface area contributed by atoms with E-state index in [0.717, 1.165) is 16.1 Å². The second-order valence-corrected chi connectivity index (χ2v) is 5.05. The Morgan fingerprint density at radius 2 is 2.11 bits per heavy atom. The molecule has 0 aliphatic rings. The summed E-state index contributed by atoms with van der Waals surface area (Å²) in [4.78, 5) is 12.9. The molecule has 1 aromatic carbocycles. The largest absolute Gasteiger partial charge is 0.468 e. The van der Waals surface area contributed by atoms with Gasteiger partial charge in [0.15, 0.2) is 0 Å². The molecule has 5 heteroatoms. The van der Waals surface area contributed by atoms with E-state index in [-0.39, 0.29) is 5.97 Å². The molecule has 100 valence electrons. The van der Waals surface area contributed by atoms with Gasteiger partial charge < -0.3 is 10.5 Å². The predicted octanol–water partition coefficient (Wildman–Crippen LogP) is 2.33. The van der Waals surface area contributed by atoms with Gasteiger partial charge in [-0.2, -0.15) is 0 Å². The van der Waals surface area contributed by atoms with Crippen molar-refractivity contribution in [3.8, 4) is 0 Å². The van der Waals surface area contributed by atoms with Crippen molar-refractivity contribution in [3.63, 3.8) is 0 Å². The van der Waals surface area contributed by atoms with Gasteiger partial charge in [0.2, 0.25) is 0 Å². The smallest absolute Gasteiger partial charge is 0.327 e. The monoisotopic (exact) mass is 276 g/mol. The van der Waals surface area contributed by atoms with Gasteiger partial charge in [0.05, 0.1) is 7.11 Å². The van der Waals surface area contributed by atoms with Gasteiger partial charge in [-0.1, -0.05) is 30.3 Å². The molecule has 3 N–H and O–H groups in total. The number of thiophene rings is 1. The van der Waals surface area contributed by atoms with Crippen LogP contribution in [0, 0.1) is 0 Å². The van der Waals surface area contributed by atoms with Crippen molar-refractivity contribution in [2.24, 2.45) is 0 Å². The van der Waals surface area contributed by atoms with Crippen LogP contribution < -0.4 is 11.1 Å². The normalized spacial score (nSPS) is 12.1. The first-order chi connectivity index (χ1) is 9.22. The lowest BCUT2D eigenvalue weighted by molar-refractivity contribution is -0.143. The first-order valence-corrected chi connectivity index (χ1v) is 6.78. The fourth-order valence-corrected chi connectivity index (χ4v) is 2.54. The molecule has 19 heavy (non-hydrogen) atoms. The molecule has 0 radical (unpaired) electrons. The summed E-state index contributed by atoms with van der Waals surface area (Å²) in [5, 5.41) is 5.12. The maximum absolute atomic E-state index is 11.8. The van der Waals surface area contributed by atoms with Gasteiger partial charge in [0, 0.05) is 17.1 Å². The summed E-state index contributed by atoms with van der Waals surface area (Å²) in [6.07, 6.45) is 0. The van der Waals surface area contributed by atoms with Gasteiger partial charge >= 0.3 is 5.97 Å². The molecule has 0 spiro atoms. The van der Waals surface area contributed by atoms with E-state index in [1.54, 1.807) is 11.3 Å². The number of carbonyl (C=O) groups excluding carboxylic acids is 1. The number of hydrogen-bond acceptors (Lipinski definition) is 5. The van der Waals surface area contributed by atoms with Crippen LogP contribution in [0.5, 0.6) is 0 Å². The minimum absolute atomic E-state index is 0.304. The molecule has 0 aliphatic carbocycles. The summed E-state index contributed by atoms with van der Waals surface area (Å²) in [6.45, 7) is 0.540. The van der Waals surface area contributed by atoms with E-state index in [0.29, 0.717) is 6.54 Å². The number of carbonyl (C=O) groups is 1. The number of hydrogen-bond donors (Lipinski definition) is 2. The number of ether oxygens (including phenoxy) is 1. The van der Waals surface area contributed by atoms with Gasteiger partial charge in [0.1, 0.15) is 6.04 Å². The second-order valence-electron chi connectivity index (χ2n) is 4.05. The van der Waals surface area contributed by atoms with Gasteiger partial charge in [-0.3, -0.25) is 5.32 Å². The highest BCUT2D eigenvalue weighted by molar-refractivity contribution is 7.10. The van der Waals surface area contributed by atoms with Crippen LogP contribution in [-0.2, 0) is 16.1 Å². The van der Waals surface area contributed by atoms with Crippen molar-refractivity contribution in [1.29, 1.82) is 0 Å². The lowest BCUT2D eigenvalue weighted by atomic mass is 10.1. The Kier molecular flexibility index (Phi) is 4.54. The number of esters is 1. The molecule has 0 saturated carbocycles. The first-order valence-electron chi connectivity index (χ1n) is 5.90. The maximum Gasteiger partial charge on any atom is 0.327 e. The predicted molar refractivity (Wildman–Crippen MR) is 76.8 cm³/mol. The third-order valence-corrected chi connectivity index (χ3v) is 3.75. The number of nitrogens with one attached hydrogen (secondary N) is 1. The quantitative estimate of drug-likeness (QED) is 0.823. The topological polar surface area (TPSA) is 64.3 Å². The average molecular weight is 276 g/mol. The van der Waals surface area contributed by atoms with Crippen LogP contribution in [0.4, 0.5) is 5.69 Å². The van der Waals surface area contributed by atoms with Crippen LogP contribution in [0.2, 0.25) is 0 Å². The Labute approximate surface area is 116 Å². The molecule has 1 unspecified atom stereocenters. The zero-order valence-electron chi connectivity index (χ0n) is 10.6. The molecule has 0 saturated heterocycles. The van der Waals surface area contributed by atoms with Crippen LogP contribution in [0.25, 0.3) is 0 Å². The highest BCUT2D eigenvalue weighted by Gasteiger charge is 2.20. The number of methoxy groups -OCH3 is 1. The van der Waals surface area contributed by atoms with Crippen molar-refractivity contribution in [1.82, 2.24) is 5.32 Å². The molecule has 0 amide bonds. The van der Waals surface area contributed by atoms with Gasteiger partial charge in [0.25, 0.3) is 0 Å². The fourth-order valence-electron chi connectivity index (χ4n) is 1.79. The molecule has 4 nitrogen and oxygen atoms in total. The van der Waals surface area contributed by atoms with Crippen molar-refractivity contribution in [2.75, 3.05) is 12.8 Å².